The molecular formula is C23H19ClN2O3. The fraction of sp³-hybridized carbons (Fsp3) is 0.0435. The molecule has 5 nitrogen and oxygen atoms in total. The zero-order chi connectivity index (χ0) is 20.6. The molecule has 0 aliphatic rings. The molecule has 29 heavy (non-hydrogen) atoms. The number of allylic oxidation sites excluding steroid dienone is 1. The van der Waals surface area contributed by atoms with Crippen LogP contribution in [0.4, 0.5) is 16.2 Å². The molecule has 0 atom stereocenters. The molecular weight excluding hydrogens is 388 g/mol. The highest BCUT2D eigenvalue weighted by Gasteiger charge is 2.05. The Balaban J connectivity index is 1.57. The average molecular weight is 407 g/mol. The van der Waals surface area contributed by atoms with Gasteiger partial charge in [0.25, 0.3) is 0 Å². The minimum absolute atomic E-state index is 0.127. The Labute approximate surface area is 174 Å². The largest absolute Gasteiger partial charge is 0.497 e. The summed E-state index contributed by atoms with van der Waals surface area (Å²) >= 11 is 5.82. The number of anilines is 2. The maximum absolute atomic E-state index is 12.3. The Bertz CT molecular complexity index is 1010. The molecule has 3 aromatic carbocycles. The monoisotopic (exact) mass is 406 g/mol. The van der Waals surface area contributed by atoms with E-state index in [2.05, 4.69) is 10.6 Å². The topological polar surface area (TPSA) is 67.4 Å². The van der Waals surface area contributed by atoms with Crippen LogP contribution in [0.3, 0.4) is 0 Å². The number of carbonyl (C=O) groups excluding carboxylic acids is 2. The van der Waals surface area contributed by atoms with E-state index >= 15 is 0 Å². The van der Waals surface area contributed by atoms with Gasteiger partial charge in [-0.25, -0.2) is 4.79 Å². The summed E-state index contributed by atoms with van der Waals surface area (Å²) < 4.78 is 5.11. The maximum Gasteiger partial charge on any atom is 0.323 e. The smallest absolute Gasteiger partial charge is 0.323 e. The van der Waals surface area contributed by atoms with Crippen LogP contribution < -0.4 is 15.4 Å². The van der Waals surface area contributed by atoms with Crippen LogP contribution in [0.2, 0.25) is 5.02 Å². The highest BCUT2D eigenvalue weighted by molar-refractivity contribution is 6.30. The number of benzene rings is 3. The van der Waals surface area contributed by atoms with E-state index in [1.54, 1.807) is 61.7 Å². The van der Waals surface area contributed by atoms with E-state index < -0.39 is 0 Å². The molecule has 0 aliphatic heterocycles. The minimum Gasteiger partial charge on any atom is -0.497 e. The summed E-state index contributed by atoms with van der Waals surface area (Å²) in [4.78, 5) is 24.4. The fourth-order valence-corrected chi connectivity index (χ4v) is 2.65. The number of ether oxygens (including phenoxy) is 1. The fourth-order valence-electron chi connectivity index (χ4n) is 2.53. The lowest BCUT2D eigenvalue weighted by Gasteiger charge is -2.08. The van der Waals surface area contributed by atoms with E-state index in [9.17, 15) is 9.59 Å². The van der Waals surface area contributed by atoms with Gasteiger partial charge in [-0.15, -0.1) is 0 Å². The number of hydrogen-bond acceptors (Lipinski definition) is 3. The molecule has 146 valence electrons. The number of ketones is 1. The van der Waals surface area contributed by atoms with Gasteiger partial charge in [0.15, 0.2) is 5.78 Å². The van der Waals surface area contributed by atoms with Crippen molar-refractivity contribution in [1.29, 1.82) is 0 Å². The van der Waals surface area contributed by atoms with Crippen LogP contribution in [0, 0.1) is 0 Å². The van der Waals surface area contributed by atoms with Crippen LogP contribution in [0.1, 0.15) is 15.9 Å². The number of urea groups is 1. The lowest BCUT2D eigenvalue weighted by molar-refractivity contribution is 0.104. The van der Waals surface area contributed by atoms with Gasteiger partial charge in [0, 0.05) is 22.0 Å². The first kappa shape index (κ1) is 20.2. The van der Waals surface area contributed by atoms with Crippen molar-refractivity contribution in [1.82, 2.24) is 0 Å². The molecule has 0 aliphatic carbocycles. The SMILES string of the molecule is COc1ccc(/C=C/C(=O)c2ccc(NC(=O)Nc3ccc(Cl)cc3)cc2)cc1. The van der Waals surface area contributed by atoms with Gasteiger partial charge in [-0.2, -0.15) is 0 Å². The molecule has 2 N–H and O–H groups in total. The van der Waals surface area contributed by atoms with Gasteiger partial charge in [0.1, 0.15) is 5.75 Å². The maximum atomic E-state index is 12.3. The lowest BCUT2D eigenvalue weighted by Crippen LogP contribution is -2.19. The third kappa shape index (κ3) is 5.96. The molecule has 0 aromatic heterocycles. The number of nitrogens with one attached hydrogen (secondary N) is 2. The Morgan fingerprint density at radius 3 is 1.93 bits per heavy atom. The Kier molecular flexibility index (Phi) is 6.66. The van der Waals surface area contributed by atoms with E-state index in [0.717, 1.165) is 11.3 Å². The second-order valence-corrected chi connectivity index (χ2v) is 6.57. The van der Waals surface area contributed by atoms with Gasteiger partial charge in [-0.1, -0.05) is 29.8 Å². The van der Waals surface area contributed by atoms with E-state index in [1.807, 2.05) is 24.3 Å². The van der Waals surface area contributed by atoms with Gasteiger partial charge in [0.05, 0.1) is 7.11 Å². The Morgan fingerprint density at radius 1 is 0.828 bits per heavy atom. The number of rotatable bonds is 6. The predicted octanol–water partition coefficient (Wildman–Crippen LogP) is 5.89. The molecule has 0 bridgehead atoms. The summed E-state index contributed by atoms with van der Waals surface area (Å²) in [5.41, 5.74) is 2.63. The minimum atomic E-state index is -0.384. The Morgan fingerprint density at radius 2 is 1.38 bits per heavy atom. The van der Waals surface area contributed by atoms with Crippen LogP contribution in [0.25, 0.3) is 6.08 Å². The number of hydrogen-bond donors (Lipinski definition) is 2. The highest BCUT2D eigenvalue weighted by atomic mass is 35.5. The second-order valence-electron chi connectivity index (χ2n) is 6.13. The first-order chi connectivity index (χ1) is 14.0. The highest BCUT2D eigenvalue weighted by Crippen LogP contribution is 2.16. The van der Waals surface area contributed by atoms with Crippen LogP contribution in [-0.4, -0.2) is 18.9 Å². The third-order valence-corrected chi connectivity index (χ3v) is 4.32. The van der Waals surface area contributed by atoms with Crippen molar-refractivity contribution in [3.8, 4) is 5.75 Å². The summed E-state index contributed by atoms with van der Waals surface area (Å²) in [5.74, 6) is 0.634. The van der Waals surface area contributed by atoms with Crippen LogP contribution >= 0.6 is 11.6 Å². The molecule has 0 heterocycles. The lowest BCUT2D eigenvalue weighted by atomic mass is 10.1. The molecule has 2 amide bonds. The van der Waals surface area contributed by atoms with Crippen molar-refractivity contribution in [2.45, 2.75) is 0 Å². The van der Waals surface area contributed by atoms with E-state index in [4.69, 9.17) is 16.3 Å². The van der Waals surface area contributed by atoms with Gasteiger partial charge < -0.3 is 15.4 Å². The van der Waals surface area contributed by atoms with Crippen molar-refractivity contribution in [3.05, 3.63) is 95.0 Å². The zero-order valence-electron chi connectivity index (χ0n) is 15.7. The van der Waals surface area contributed by atoms with Crippen LogP contribution in [0.5, 0.6) is 5.75 Å². The predicted molar refractivity (Wildman–Crippen MR) is 117 cm³/mol. The third-order valence-electron chi connectivity index (χ3n) is 4.07. The van der Waals surface area contributed by atoms with Gasteiger partial charge in [0.2, 0.25) is 0 Å². The van der Waals surface area contributed by atoms with Crippen molar-refractivity contribution >= 4 is 40.9 Å². The van der Waals surface area contributed by atoms with Crippen LogP contribution in [0.15, 0.2) is 78.9 Å². The second kappa shape index (κ2) is 9.57. The van der Waals surface area contributed by atoms with E-state index in [-0.39, 0.29) is 11.8 Å². The first-order valence-electron chi connectivity index (χ1n) is 8.83. The van der Waals surface area contributed by atoms with E-state index in [0.29, 0.717) is 22.0 Å². The normalized spacial score (nSPS) is 10.6. The number of amides is 2. The molecule has 0 unspecified atom stereocenters. The molecule has 0 radical (unpaired) electrons. The standard InChI is InChI=1S/C23H19ClN2O3/c1-29-21-13-2-16(3-14-21)4-15-22(27)17-5-9-19(10-6-17)25-23(28)26-20-11-7-18(24)8-12-20/h2-15H,1H3,(H2,25,26,28)/b15-4+. The van der Waals surface area contributed by atoms with Gasteiger partial charge in [-0.05, 0) is 72.3 Å². The zero-order valence-corrected chi connectivity index (χ0v) is 16.4. The number of halogens is 1. The molecule has 0 saturated carbocycles. The molecule has 6 heteroatoms. The van der Waals surface area contributed by atoms with Crippen molar-refractivity contribution in [2.75, 3.05) is 17.7 Å². The molecule has 0 fully saturated rings. The van der Waals surface area contributed by atoms with E-state index in [1.165, 1.54) is 6.08 Å². The van der Waals surface area contributed by atoms with Gasteiger partial charge in [-0.3, -0.25) is 4.79 Å². The number of carbonyl (C=O) groups is 2. The number of methoxy groups -OCH3 is 1. The van der Waals surface area contributed by atoms with Crippen molar-refractivity contribution in [2.24, 2.45) is 0 Å². The van der Waals surface area contributed by atoms with Crippen LogP contribution in [-0.2, 0) is 0 Å². The summed E-state index contributed by atoms with van der Waals surface area (Å²) in [7, 11) is 1.61. The summed E-state index contributed by atoms with van der Waals surface area (Å²) in [6.45, 7) is 0. The molecule has 0 spiro atoms. The van der Waals surface area contributed by atoms with Crippen molar-refractivity contribution in [3.63, 3.8) is 0 Å². The molecule has 3 rings (SSSR count). The summed E-state index contributed by atoms with van der Waals surface area (Å²) in [5, 5.41) is 6.02. The molecule has 3 aromatic rings. The average Bonchev–Trinajstić information content (AvgIpc) is 2.74. The summed E-state index contributed by atoms with van der Waals surface area (Å²) in [6.07, 6.45) is 3.25. The first-order valence-corrected chi connectivity index (χ1v) is 9.21. The summed E-state index contributed by atoms with van der Waals surface area (Å²) in [6, 6.07) is 20.5. The molecule has 0 saturated heterocycles. The van der Waals surface area contributed by atoms with Crippen molar-refractivity contribution < 1.29 is 14.3 Å². The Hall–Kier alpha value is -3.57. The van der Waals surface area contributed by atoms with Gasteiger partial charge >= 0.3 is 6.03 Å². The quantitative estimate of drug-likeness (QED) is 0.396.